The molecule has 2 aromatic rings. The third-order valence-electron chi connectivity index (χ3n) is 8.71. The van der Waals surface area contributed by atoms with Crippen molar-refractivity contribution in [2.75, 3.05) is 51.8 Å². The number of anilines is 1. The van der Waals surface area contributed by atoms with Crippen LogP contribution >= 0.6 is 15.6 Å². The molecular formula is C39H65N5O17P2S2-2. The number of phosphoric acid groups is 2. The van der Waals surface area contributed by atoms with E-state index < -0.39 is 42.9 Å². The second kappa shape index (κ2) is 35.7. The molecule has 2 aromatic carbocycles. The van der Waals surface area contributed by atoms with Gasteiger partial charge in [-0.25, -0.2) is 18.1 Å². The number of benzene rings is 2. The minimum absolute atomic E-state index is 0.0125. The maximum absolute atomic E-state index is 12.0. The maximum atomic E-state index is 12.0. The number of sulfonamides is 1. The number of hydrogen-bond donors (Lipinski definition) is 7. The van der Waals surface area contributed by atoms with E-state index in [-0.39, 0.29) is 61.4 Å². The van der Waals surface area contributed by atoms with E-state index in [1.807, 2.05) is 0 Å². The van der Waals surface area contributed by atoms with Crippen molar-refractivity contribution in [1.82, 2.24) is 10.6 Å². The third kappa shape index (κ3) is 36.3. The standard InChI is InChI=1S/C20H33N2O8PS.C12H16N2O5S.C7H18NO4P/c1-29-31(25,26)30-16-5-3-2-4-15-22-20(24)14-11-18(23)8-6-7-17-9-12-19(13-10-17)32(21,27)28;15-11(5-6-12(16)17)13-8-7-9-1-3-10(4-2-9)14-20(18)19;1-11-13(9,10)12-7-5-3-2-4-6-8/h9-10,12-13H,2-8,11,14-16H2,1H3,(H,22,24)(H,25,26)(H2,21,27,28);1-4,14H,5-8H2,(H,13,15)(H,16,17)(H,18,19);2-8H2,1H3,(H,9,10)/p-2. The van der Waals surface area contributed by atoms with E-state index in [0.717, 1.165) is 70.3 Å². The fourth-order valence-corrected chi connectivity index (χ4v) is 6.93. The quantitative estimate of drug-likeness (QED) is 0.0305. The number of carbonyl (C=O) groups is 4. The Labute approximate surface area is 384 Å². The van der Waals surface area contributed by atoms with Crippen LogP contribution in [0.15, 0.2) is 53.4 Å². The van der Waals surface area contributed by atoms with Gasteiger partial charge in [-0.1, -0.05) is 49.9 Å². The number of ketones is 1. The summed E-state index contributed by atoms with van der Waals surface area (Å²) in [7, 11) is -9.42. The van der Waals surface area contributed by atoms with Crippen LogP contribution in [-0.2, 0) is 80.5 Å². The highest BCUT2D eigenvalue weighted by molar-refractivity contribution is 7.89. The van der Waals surface area contributed by atoms with E-state index in [0.29, 0.717) is 57.4 Å². The van der Waals surface area contributed by atoms with Gasteiger partial charge in [-0.15, -0.1) is 0 Å². The molecule has 2 rings (SSSR count). The number of amides is 2. The van der Waals surface area contributed by atoms with Gasteiger partial charge in [0, 0.05) is 69.9 Å². The Morgan fingerprint density at radius 3 is 1.77 bits per heavy atom. The number of aryl methyl sites for hydroxylation is 1. The van der Waals surface area contributed by atoms with Crippen LogP contribution in [0.25, 0.3) is 0 Å². The average molecular weight is 1000 g/mol. The van der Waals surface area contributed by atoms with Crippen LogP contribution in [0.3, 0.4) is 0 Å². The molecule has 0 aliphatic rings. The van der Waals surface area contributed by atoms with Gasteiger partial charge >= 0.3 is 13.8 Å². The van der Waals surface area contributed by atoms with E-state index in [9.17, 15) is 50.4 Å². The molecule has 3 unspecified atom stereocenters. The highest BCUT2D eigenvalue weighted by Crippen LogP contribution is 2.42. The van der Waals surface area contributed by atoms with Crippen LogP contribution in [-0.4, -0.2) is 97.8 Å². The zero-order chi connectivity index (χ0) is 49.2. The van der Waals surface area contributed by atoms with Gasteiger partial charge in [-0.3, -0.25) is 37.0 Å². The van der Waals surface area contributed by atoms with Gasteiger partial charge in [0.2, 0.25) is 21.8 Å². The SMILES string of the molecule is COP(=O)(O)OCCCCCCNC(=O)CCC(=O)CCCc1ccc(S(N)(=O)=O)cc1.COP(=O)([O-])OCCCCCCN.O=C(O)CCC(=O)NCCc1ccc(NS(=O)[O-])cc1. The van der Waals surface area contributed by atoms with E-state index in [1.54, 1.807) is 36.4 Å². The fraction of sp³-hybridized carbons (Fsp3) is 0.590. The van der Waals surface area contributed by atoms with Crippen molar-refractivity contribution < 1.29 is 78.5 Å². The van der Waals surface area contributed by atoms with Crippen LogP contribution in [0, 0.1) is 0 Å². The second-order valence-corrected chi connectivity index (χ2v) is 19.3. The Balaban J connectivity index is 0.00000105. The summed E-state index contributed by atoms with van der Waals surface area (Å²) < 4.78 is 84.9. The van der Waals surface area contributed by atoms with Crippen LogP contribution in [0.1, 0.15) is 101 Å². The smallest absolute Gasteiger partial charge is 0.471 e. The molecule has 65 heavy (non-hydrogen) atoms. The normalized spacial score (nSPS) is 13.3. The van der Waals surface area contributed by atoms with Gasteiger partial charge in [-0.05, 0) is 86.9 Å². The first-order valence-electron chi connectivity index (χ1n) is 20.7. The Morgan fingerprint density at radius 1 is 0.708 bits per heavy atom. The summed E-state index contributed by atoms with van der Waals surface area (Å²) in [6.45, 7) is 1.92. The summed E-state index contributed by atoms with van der Waals surface area (Å²) >= 11 is -2.35. The first-order chi connectivity index (χ1) is 30.6. The monoisotopic (exact) mass is 1000 g/mol. The van der Waals surface area contributed by atoms with E-state index in [1.165, 1.54) is 12.1 Å². The van der Waals surface area contributed by atoms with Gasteiger partial charge < -0.3 is 49.6 Å². The van der Waals surface area contributed by atoms with E-state index in [2.05, 4.69) is 28.9 Å². The number of carboxylic acids is 1. The van der Waals surface area contributed by atoms with Gasteiger partial charge in [0.15, 0.2) is 0 Å². The Hall–Kier alpha value is -3.48. The molecule has 0 aromatic heterocycles. The molecule has 22 nitrogen and oxygen atoms in total. The highest BCUT2D eigenvalue weighted by Gasteiger charge is 2.17. The van der Waals surface area contributed by atoms with Crippen molar-refractivity contribution in [3.05, 3.63) is 59.7 Å². The molecule has 3 atom stereocenters. The zero-order valence-electron chi connectivity index (χ0n) is 36.9. The lowest BCUT2D eigenvalue weighted by atomic mass is 10.0. The van der Waals surface area contributed by atoms with Gasteiger partial charge in [0.1, 0.15) is 5.78 Å². The predicted molar refractivity (Wildman–Crippen MR) is 240 cm³/mol. The lowest BCUT2D eigenvalue weighted by molar-refractivity contribution is -0.223. The van der Waals surface area contributed by atoms with Crippen LogP contribution in [0.5, 0.6) is 0 Å². The summed E-state index contributed by atoms with van der Waals surface area (Å²) in [5.74, 6) is -1.45. The summed E-state index contributed by atoms with van der Waals surface area (Å²) in [4.78, 5) is 65.1. The Morgan fingerprint density at radius 2 is 1.23 bits per heavy atom. The number of aliphatic carboxylic acids is 1. The van der Waals surface area contributed by atoms with Crippen molar-refractivity contribution in [1.29, 1.82) is 0 Å². The number of Topliss-reactive ketones (excluding diaryl/α,β-unsaturated/α-hetero) is 1. The lowest BCUT2D eigenvalue weighted by Crippen LogP contribution is -2.26. The summed E-state index contributed by atoms with van der Waals surface area (Å²) in [6.07, 6.45) is 8.97. The molecular weight excluding hydrogens is 937 g/mol. The molecule has 372 valence electrons. The van der Waals surface area contributed by atoms with Crippen molar-refractivity contribution in [3.63, 3.8) is 0 Å². The molecule has 0 aliphatic heterocycles. The molecule has 2 amide bonds. The van der Waals surface area contributed by atoms with Crippen molar-refractivity contribution >= 4 is 66.2 Å². The average Bonchev–Trinajstić information content (AvgIpc) is 3.25. The molecule has 0 saturated carbocycles. The number of primary sulfonamides is 1. The molecule has 0 aliphatic carbocycles. The first-order valence-corrected chi connectivity index (χ1v) is 26.3. The molecule has 0 heterocycles. The topological polar surface area (TPSA) is 365 Å². The minimum atomic E-state index is -4.00. The molecule has 0 radical (unpaired) electrons. The number of carboxylic acid groups (broad SMARTS) is 1. The summed E-state index contributed by atoms with van der Waals surface area (Å²) in [6, 6.07) is 13.0. The first kappa shape index (κ1) is 61.5. The van der Waals surface area contributed by atoms with Gasteiger partial charge in [-0.2, -0.15) is 0 Å². The summed E-state index contributed by atoms with van der Waals surface area (Å²) in [5.41, 5.74) is 7.60. The molecule has 0 saturated heterocycles. The number of hydrogen-bond acceptors (Lipinski definition) is 16. The molecule has 0 spiro atoms. The van der Waals surface area contributed by atoms with Gasteiger partial charge in [0.05, 0.1) is 24.5 Å². The van der Waals surface area contributed by atoms with E-state index in [4.69, 9.17) is 25.4 Å². The Bertz CT molecular complexity index is 1910. The molecule has 0 fully saturated rings. The van der Waals surface area contributed by atoms with Gasteiger partial charge in [0.25, 0.3) is 7.82 Å². The summed E-state index contributed by atoms with van der Waals surface area (Å²) in [5, 5.41) is 18.9. The number of nitrogens with one attached hydrogen (secondary N) is 3. The molecule has 26 heteroatoms. The number of rotatable bonds is 33. The minimum Gasteiger partial charge on any atom is -0.756 e. The third-order valence-corrected chi connectivity index (χ3v) is 12.0. The number of nitrogens with two attached hydrogens (primary N) is 2. The Kier molecular flexibility index (Phi) is 33.8. The van der Waals surface area contributed by atoms with Crippen LogP contribution in [0.4, 0.5) is 5.69 Å². The zero-order valence-corrected chi connectivity index (χ0v) is 40.3. The van der Waals surface area contributed by atoms with Crippen molar-refractivity contribution in [2.24, 2.45) is 10.9 Å². The number of unbranched alkanes of at least 4 members (excludes halogenated alkanes) is 6. The van der Waals surface area contributed by atoms with Crippen molar-refractivity contribution in [2.45, 2.75) is 108 Å². The van der Waals surface area contributed by atoms with Crippen LogP contribution < -0.4 is 31.1 Å². The lowest BCUT2D eigenvalue weighted by Gasteiger charge is -2.19. The van der Waals surface area contributed by atoms with Crippen LogP contribution in [0.2, 0.25) is 0 Å². The molecule has 9 N–H and O–H groups in total. The fourth-order valence-electron chi connectivity index (χ4n) is 5.16. The van der Waals surface area contributed by atoms with Crippen molar-refractivity contribution in [3.8, 4) is 0 Å². The predicted octanol–water partition coefficient (Wildman–Crippen LogP) is 3.50. The number of phosphoric ester groups is 2. The number of carbonyl (C=O) groups excluding carboxylic acids is 3. The second-order valence-electron chi connectivity index (χ2n) is 14.0. The largest absolute Gasteiger partial charge is 0.756 e. The highest BCUT2D eigenvalue weighted by atomic mass is 32.2. The van der Waals surface area contributed by atoms with E-state index >= 15 is 0 Å². The maximum Gasteiger partial charge on any atom is 0.471 e. The molecule has 0 bridgehead atoms.